The molecule has 7 heteroatoms. The molecule has 3 rings (SSSR count). The van der Waals surface area contributed by atoms with Gasteiger partial charge in [0, 0.05) is 44.4 Å². The van der Waals surface area contributed by atoms with E-state index in [1.54, 1.807) is 12.1 Å². The van der Waals surface area contributed by atoms with Crippen molar-refractivity contribution in [1.29, 1.82) is 0 Å². The number of nitrogens with zero attached hydrogens (tertiary/aromatic N) is 3. The zero-order valence-corrected chi connectivity index (χ0v) is 12.8. The molecule has 0 bridgehead atoms. The third kappa shape index (κ3) is 3.56. The Morgan fingerprint density at radius 3 is 3.00 bits per heavy atom. The zero-order chi connectivity index (χ0) is 16.4. The molecule has 2 heterocycles. The fraction of sp³-hybridized carbons (Fsp3) is 0.375. The van der Waals surface area contributed by atoms with Crippen LogP contribution in [0.25, 0.3) is 0 Å². The molecular weight excluding hydrogens is 302 g/mol. The fourth-order valence-corrected chi connectivity index (χ4v) is 2.87. The van der Waals surface area contributed by atoms with Gasteiger partial charge in [0.15, 0.2) is 17.5 Å². The quantitative estimate of drug-likeness (QED) is 0.942. The first kappa shape index (κ1) is 15.6. The molecule has 1 N–H and O–H groups in total. The minimum Gasteiger partial charge on any atom is -0.309 e. The summed E-state index contributed by atoms with van der Waals surface area (Å²) in [4.78, 5) is 13.1. The molecule has 0 unspecified atom stereocenters. The van der Waals surface area contributed by atoms with E-state index < -0.39 is 11.6 Å². The summed E-state index contributed by atoms with van der Waals surface area (Å²) in [5.41, 5.74) is 0.366. The molecule has 0 radical (unpaired) electrons. The Hall–Kier alpha value is -2.28. The van der Waals surface area contributed by atoms with Crippen LogP contribution in [0.2, 0.25) is 0 Å². The van der Waals surface area contributed by atoms with Crippen LogP contribution in [0, 0.1) is 11.6 Å². The van der Waals surface area contributed by atoms with E-state index in [9.17, 15) is 13.6 Å². The number of nitrogens with one attached hydrogen (secondary N) is 1. The van der Waals surface area contributed by atoms with Crippen molar-refractivity contribution in [2.45, 2.75) is 25.9 Å². The molecule has 1 saturated heterocycles. The van der Waals surface area contributed by atoms with Crippen molar-refractivity contribution in [2.24, 2.45) is 0 Å². The van der Waals surface area contributed by atoms with Crippen molar-refractivity contribution in [2.75, 3.05) is 18.4 Å². The van der Waals surface area contributed by atoms with Crippen LogP contribution in [0.3, 0.4) is 0 Å². The van der Waals surface area contributed by atoms with Crippen molar-refractivity contribution in [3.8, 4) is 0 Å². The number of hydrogen-bond donors (Lipinski definition) is 1. The van der Waals surface area contributed by atoms with Gasteiger partial charge in [-0.2, -0.15) is 5.10 Å². The summed E-state index contributed by atoms with van der Waals surface area (Å²) in [7, 11) is 0. The van der Waals surface area contributed by atoms with Gasteiger partial charge in [-0.15, -0.1) is 0 Å². The standard InChI is InChI=1S/C16H18F2N4O/c1-11(23)19-15-6-8-22(20-15)13-5-7-21(10-13)9-12-3-2-4-14(17)16(12)18/h2-4,6,8,13H,5,7,9-10H2,1H3,(H,19,20,23)/t13-/m1/s1. The molecule has 1 amide bonds. The number of hydrogen-bond acceptors (Lipinski definition) is 3. The minimum absolute atomic E-state index is 0.161. The third-order valence-electron chi connectivity index (χ3n) is 3.96. The predicted octanol–water partition coefficient (Wildman–Crippen LogP) is 2.57. The maximum Gasteiger partial charge on any atom is 0.222 e. The van der Waals surface area contributed by atoms with E-state index in [0.717, 1.165) is 19.0 Å². The smallest absolute Gasteiger partial charge is 0.222 e. The Labute approximate surface area is 132 Å². The summed E-state index contributed by atoms with van der Waals surface area (Å²) in [6.45, 7) is 3.30. The molecule has 0 aliphatic carbocycles. The number of benzene rings is 1. The number of carbonyl (C=O) groups excluding carboxylic acids is 1. The molecule has 2 aromatic rings. The summed E-state index contributed by atoms with van der Waals surface area (Å²) in [6.07, 6.45) is 2.69. The van der Waals surface area contributed by atoms with Gasteiger partial charge < -0.3 is 5.32 Å². The Balaban J connectivity index is 1.63. The van der Waals surface area contributed by atoms with Gasteiger partial charge in [0.05, 0.1) is 6.04 Å². The minimum atomic E-state index is -0.815. The maximum atomic E-state index is 13.7. The zero-order valence-electron chi connectivity index (χ0n) is 12.8. The molecule has 5 nitrogen and oxygen atoms in total. The second kappa shape index (κ2) is 6.45. The van der Waals surface area contributed by atoms with Crippen LogP contribution < -0.4 is 5.32 Å². The fourth-order valence-electron chi connectivity index (χ4n) is 2.87. The molecule has 1 aliphatic rings. The van der Waals surface area contributed by atoms with Gasteiger partial charge in [-0.1, -0.05) is 12.1 Å². The Morgan fingerprint density at radius 1 is 1.39 bits per heavy atom. The first-order valence-electron chi connectivity index (χ1n) is 7.51. The molecule has 1 aromatic heterocycles. The Morgan fingerprint density at radius 2 is 2.22 bits per heavy atom. The average Bonchev–Trinajstić information content (AvgIpc) is 3.12. The van der Waals surface area contributed by atoms with E-state index in [2.05, 4.69) is 15.3 Å². The van der Waals surface area contributed by atoms with Crippen LogP contribution in [0.1, 0.15) is 24.9 Å². The van der Waals surface area contributed by atoms with Crippen LogP contribution in [-0.4, -0.2) is 33.7 Å². The van der Waals surface area contributed by atoms with Gasteiger partial charge in [-0.05, 0) is 12.5 Å². The van der Waals surface area contributed by atoms with Crippen LogP contribution in [-0.2, 0) is 11.3 Å². The second-order valence-electron chi connectivity index (χ2n) is 5.75. The first-order valence-corrected chi connectivity index (χ1v) is 7.51. The number of carbonyl (C=O) groups is 1. The van der Waals surface area contributed by atoms with E-state index in [0.29, 0.717) is 24.5 Å². The van der Waals surface area contributed by atoms with Gasteiger partial charge in [-0.3, -0.25) is 14.4 Å². The largest absolute Gasteiger partial charge is 0.309 e. The number of halogens is 2. The molecule has 23 heavy (non-hydrogen) atoms. The molecule has 1 aromatic carbocycles. The van der Waals surface area contributed by atoms with Gasteiger partial charge in [0.25, 0.3) is 0 Å². The maximum absolute atomic E-state index is 13.7. The lowest BCUT2D eigenvalue weighted by Gasteiger charge is -2.16. The van der Waals surface area contributed by atoms with Crippen LogP contribution in [0.4, 0.5) is 14.6 Å². The number of likely N-dealkylation sites (tertiary alicyclic amines) is 1. The summed E-state index contributed by atoms with van der Waals surface area (Å²) in [6, 6.07) is 6.16. The lowest BCUT2D eigenvalue weighted by molar-refractivity contribution is -0.114. The first-order chi connectivity index (χ1) is 11.0. The van der Waals surface area contributed by atoms with E-state index in [-0.39, 0.29) is 11.9 Å². The van der Waals surface area contributed by atoms with E-state index in [1.165, 1.54) is 13.0 Å². The molecule has 0 spiro atoms. The number of rotatable bonds is 4. The van der Waals surface area contributed by atoms with Crippen molar-refractivity contribution < 1.29 is 13.6 Å². The third-order valence-corrected chi connectivity index (χ3v) is 3.96. The highest BCUT2D eigenvalue weighted by Crippen LogP contribution is 2.24. The topological polar surface area (TPSA) is 50.2 Å². The summed E-state index contributed by atoms with van der Waals surface area (Å²) in [5.74, 6) is -1.23. The molecule has 1 atom stereocenters. The SMILES string of the molecule is CC(=O)Nc1ccn([C@@H]2CCN(Cc3cccc(F)c3F)C2)n1. The highest BCUT2D eigenvalue weighted by atomic mass is 19.2. The molecular formula is C16H18F2N4O. The highest BCUT2D eigenvalue weighted by Gasteiger charge is 2.25. The van der Waals surface area contributed by atoms with Crippen LogP contribution in [0.5, 0.6) is 0 Å². The summed E-state index contributed by atoms with van der Waals surface area (Å²) in [5, 5.41) is 6.97. The van der Waals surface area contributed by atoms with Crippen molar-refractivity contribution in [1.82, 2.24) is 14.7 Å². The Kier molecular flexibility index (Phi) is 4.38. The normalized spacial score (nSPS) is 18.3. The molecule has 1 aliphatic heterocycles. The molecule has 1 fully saturated rings. The van der Waals surface area contributed by atoms with Gasteiger partial charge in [-0.25, -0.2) is 8.78 Å². The molecule has 122 valence electrons. The highest BCUT2D eigenvalue weighted by molar-refractivity contribution is 5.87. The van der Waals surface area contributed by atoms with Crippen molar-refractivity contribution in [3.05, 3.63) is 47.7 Å². The predicted molar refractivity (Wildman–Crippen MR) is 81.8 cm³/mol. The molecule has 0 saturated carbocycles. The van der Waals surface area contributed by atoms with Gasteiger partial charge in [0.2, 0.25) is 5.91 Å². The lowest BCUT2D eigenvalue weighted by Crippen LogP contribution is -2.22. The van der Waals surface area contributed by atoms with E-state index >= 15 is 0 Å². The van der Waals surface area contributed by atoms with Gasteiger partial charge in [0.1, 0.15) is 0 Å². The van der Waals surface area contributed by atoms with Crippen LogP contribution >= 0.6 is 0 Å². The van der Waals surface area contributed by atoms with Gasteiger partial charge >= 0.3 is 0 Å². The van der Waals surface area contributed by atoms with E-state index in [4.69, 9.17) is 0 Å². The monoisotopic (exact) mass is 320 g/mol. The van der Waals surface area contributed by atoms with E-state index in [1.807, 2.05) is 10.9 Å². The number of anilines is 1. The number of amides is 1. The van der Waals surface area contributed by atoms with Crippen LogP contribution in [0.15, 0.2) is 30.5 Å². The number of aromatic nitrogens is 2. The Bertz CT molecular complexity index is 716. The average molecular weight is 320 g/mol. The summed E-state index contributed by atoms with van der Waals surface area (Å²) < 4.78 is 28.8. The second-order valence-corrected chi connectivity index (χ2v) is 5.75. The van der Waals surface area contributed by atoms with Crippen molar-refractivity contribution in [3.63, 3.8) is 0 Å². The summed E-state index contributed by atoms with van der Waals surface area (Å²) >= 11 is 0. The van der Waals surface area contributed by atoms with Crippen molar-refractivity contribution >= 4 is 11.7 Å². The lowest BCUT2D eigenvalue weighted by atomic mass is 10.2.